The van der Waals surface area contributed by atoms with Crippen LogP contribution in [0.25, 0.3) is 16.7 Å². The van der Waals surface area contributed by atoms with Gasteiger partial charge in [0.25, 0.3) is 11.8 Å². The third-order valence-electron chi connectivity index (χ3n) is 10.5. The van der Waals surface area contributed by atoms with Crippen molar-refractivity contribution in [1.29, 1.82) is 0 Å². The Bertz CT molecular complexity index is 1770. The quantitative estimate of drug-likeness (QED) is 0.334. The first-order valence-electron chi connectivity index (χ1n) is 12.7. The van der Waals surface area contributed by atoms with Gasteiger partial charge in [-0.05, 0) is 58.6 Å². The molecule has 6 fully saturated rings. The van der Waals surface area contributed by atoms with Crippen LogP contribution in [0.1, 0.15) is 26.5 Å². The first-order chi connectivity index (χ1) is 18.4. The van der Waals surface area contributed by atoms with Gasteiger partial charge in [0.2, 0.25) is 0 Å². The van der Waals surface area contributed by atoms with Crippen LogP contribution in [-0.4, -0.2) is 50.7 Å². The second-order valence-corrected chi connectivity index (χ2v) is 11.3. The molecule has 3 heterocycles. The number of methoxy groups -OCH3 is 1. The van der Waals surface area contributed by atoms with E-state index in [1.807, 2.05) is 7.11 Å². The summed E-state index contributed by atoms with van der Waals surface area (Å²) in [6, 6.07) is 6.36. The maximum atomic E-state index is 14.5. The predicted molar refractivity (Wildman–Crippen MR) is 126 cm³/mol. The summed E-state index contributed by atoms with van der Waals surface area (Å²) in [6.07, 6.45) is 0.976. The molecule has 3 N–H and O–H groups in total. The summed E-state index contributed by atoms with van der Waals surface area (Å²) < 4.78 is 26.4. The molecule has 4 aromatic rings. The van der Waals surface area contributed by atoms with Gasteiger partial charge in [-0.3, -0.25) is 14.6 Å². The molecule has 12 heteroatoms. The monoisotopic (exact) mass is 516 g/mol. The number of carbonyl (C=O) groups is 2. The normalized spacial score (nSPS) is 35.9. The van der Waals surface area contributed by atoms with Crippen molar-refractivity contribution in [3.63, 3.8) is 0 Å². The van der Waals surface area contributed by atoms with Crippen LogP contribution in [0, 0.1) is 46.7 Å². The molecule has 38 heavy (non-hydrogen) atoms. The fraction of sp³-hybridized carbons (Fsp3) is 0.423. The number of fused-ring (bicyclic) bond motifs is 2. The van der Waals surface area contributed by atoms with E-state index in [0.717, 1.165) is 10.7 Å². The average Bonchev–Trinajstić information content (AvgIpc) is 3.50. The molecule has 2 amide bonds. The van der Waals surface area contributed by atoms with Crippen LogP contribution in [0.2, 0.25) is 0 Å². The summed E-state index contributed by atoms with van der Waals surface area (Å²) in [5.41, 5.74) is 1.73. The van der Waals surface area contributed by atoms with Crippen molar-refractivity contribution in [1.82, 2.24) is 30.2 Å². The Morgan fingerprint density at radius 2 is 1.89 bits per heavy atom. The molecule has 0 radical (unpaired) electrons. The SMILES string of the molecule is COC12C3C4C1C1C2C3C41CNC(=O)c1cc(C(=O)NCc2ccc3oc(=O)[nH]c3c2)nc2c(F)cnn12. The minimum atomic E-state index is -0.728. The Labute approximate surface area is 212 Å². The average molecular weight is 516 g/mol. The Kier molecular flexibility index (Phi) is 3.48. The standard InChI is InChI=1S/C26H21FN6O5/c1-37-26-18-15-19(26)17-20(26)16(18)25(15,17)8-29-23(35)13-5-12(31-21-10(27)7-30-33(13)21)22(34)28-6-9-2-3-14-11(4-9)32-24(36)38-14/h2-5,7,15-20H,6,8H2,1H3,(H,28,34)(H,29,35)(H,32,36). The van der Waals surface area contributed by atoms with Crippen LogP contribution in [0.4, 0.5) is 4.39 Å². The summed E-state index contributed by atoms with van der Waals surface area (Å²) >= 11 is 0. The van der Waals surface area contributed by atoms with Gasteiger partial charge in [0.05, 0.1) is 17.3 Å². The van der Waals surface area contributed by atoms with Crippen molar-refractivity contribution < 1.29 is 23.1 Å². The molecule has 1 aromatic carbocycles. The molecule has 0 bridgehead atoms. The first-order valence-corrected chi connectivity index (χ1v) is 12.7. The van der Waals surface area contributed by atoms with E-state index < -0.39 is 23.4 Å². The Balaban J connectivity index is 0.944. The van der Waals surface area contributed by atoms with Crippen LogP contribution in [-0.2, 0) is 11.3 Å². The number of carbonyl (C=O) groups excluding carboxylic acids is 2. The van der Waals surface area contributed by atoms with Gasteiger partial charge in [0, 0.05) is 26.3 Å². The van der Waals surface area contributed by atoms with Gasteiger partial charge >= 0.3 is 5.76 Å². The second kappa shape index (κ2) is 6.32. The number of amides is 2. The van der Waals surface area contributed by atoms with E-state index in [1.165, 1.54) is 6.07 Å². The fourth-order valence-electron chi connectivity index (χ4n) is 9.33. The van der Waals surface area contributed by atoms with Crippen molar-refractivity contribution >= 4 is 28.6 Å². The number of aromatic amines is 1. The number of halogens is 1. The van der Waals surface area contributed by atoms with Crippen molar-refractivity contribution in [3.8, 4) is 0 Å². The third kappa shape index (κ3) is 1.99. The molecular formula is C26H21FN6O5. The zero-order chi connectivity index (χ0) is 25.7. The first kappa shape index (κ1) is 20.9. The smallest absolute Gasteiger partial charge is 0.408 e. The molecule has 10 rings (SSSR count). The van der Waals surface area contributed by atoms with Gasteiger partial charge in [-0.1, -0.05) is 6.07 Å². The van der Waals surface area contributed by atoms with Gasteiger partial charge < -0.3 is 19.8 Å². The third-order valence-corrected chi connectivity index (χ3v) is 10.5. The van der Waals surface area contributed by atoms with Crippen molar-refractivity contribution in [2.24, 2.45) is 40.9 Å². The molecule has 3 aromatic heterocycles. The number of ether oxygens (including phenoxy) is 1. The highest BCUT2D eigenvalue weighted by Gasteiger charge is 3.10. The van der Waals surface area contributed by atoms with E-state index >= 15 is 0 Å². The topological polar surface area (TPSA) is 144 Å². The van der Waals surface area contributed by atoms with E-state index in [9.17, 15) is 18.8 Å². The Hall–Kier alpha value is -4.06. The zero-order valence-electron chi connectivity index (χ0n) is 20.0. The molecule has 6 aliphatic rings. The van der Waals surface area contributed by atoms with E-state index in [2.05, 4.69) is 25.7 Å². The maximum Gasteiger partial charge on any atom is 0.417 e. The molecule has 0 saturated heterocycles. The highest BCUT2D eigenvalue weighted by atomic mass is 19.1. The number of hydrogen-bond acceptors (Lipinski definition) is 7. The minimum Gasteiger partial charge on any atom is -0.408 e. The van der Waals surface area contributed by atoms with Gasteiger partial charge in [0.15, 0.2) is 17.0 Å². The van der Waals surface area contributed by atoms with Gasteiger partial charge in [0.1, 0.15) is 11.4 Å². The van der Waals surface area contributed by atoms with Gasteiger partial charge in [-0.15, -0.1) is 0 Å². The molecular weight excluding hydrogens is 495 g/mol. The van der Waals surface area contributed by atoms with Crippen LogP contribution in [0.5, 0.6) is 0 Å². The number of oxazole rings is 1. The van der Waals surface area contributed by atoms with Gasteiger partial charge in [-0.2, -0.15) is 5.10 Å². The van der Waals surface area contributed by atoms with Crippen molar-refractivity contribution in [2.75, 3.05) is 13.7 Å². The number of rotatable bonds is 7. The van der Waals surface area contributed by atoms with Crippen LogP contribution >= 0.6 is 0 Å². The fourth-order valence-corrected chi connectivity index (χ4v) is 9.33. The van der Waals surface area contributed by atoms with E-state index in [4.69, 9.17) is 9.15 Å². The van der Waals surface area contributed by atoms with Crippen LogP contribution in [0.15, 0.2) is 39.7 Å². The second-order valence-electron chi connectivity index (χ2n) is 11.3. The highest BCUT2D eigenvalue weighted by molar-refractivity contribution is 5.98. The molecule has 0 spiro atoms. The largest absolute Gasteiger partial charge is 0.417 e. The van der Waals surface area contributed by atoms with Crippen LogP contribution < -0.4 is 16.4 Å². The van der Waals surface area contributed by atoms with Crippen LogP contribution in [0.3, 0.4) is 0 Å². The minimum absolute atomic E-state index is 0.0479. The lowest BCUT2D eigenvalue weighted by atomic mass is 8.95. The Morgan fingerprint density at radius 3 is 2.63 bits per heavy atom. The summed E-state index contributed by atoms with van der Waals surface area (Å²) in [5, 5.41) is 9.75. The molecule has 192 valence electrons. The molecule has 6 aliphatic carbocycles. The maximum absolute atomic E-state index is 14.5. The number of nitrogens with one attached hydrogen (secondary N) is 3. The lowest BCUT2D eigenvalue weighted by Gasteiger charge is -3.10. The number of H-pyrrole nitrogens is 1. The Morgan fingerprint density at radius 1 is 1.13 bits per heavy atom. The number of nitrogens with zero attached hydrogens (tertiary/aromatic N) is 3. The zero-order valence-corrected chi connectivity index (χ0v) is 20.0. The summed E-state index contributed by atoms with van der Waals surface area (Å²) in [5.74, 6) is 1.60. The molecule has 6 saturated carbocycles. The van der Waals surface area contributed by atoms with E-state index in [1.54, 1.807) is 18.2 Å². The van der Waals surface area contributed by atoms with E-state index in [-0.39, 0.29) is 34.6 Å². The van der Waals surface area contributed by atoms with Gasteiger partial charge in [-0.25, -0.2) is 18.7 Å². The molecule has 0 aliphatic heterocycles. The highest BCUT2D eigenvalue weighted by Crippen LogP contribution is 3.07. The predicted octanol–water partition coefficient (Wildman–Crippen LogP) is 1.10. The van der Waals surface area contributed by atoms with Crippen molar-refractivity contribution in [2.45, 2.75) is 12.1 Å². The van der Waals surface area contributed by atoms with E-state index in [0.29, 0.717) is 58.7 Å². The molecule has 0 atom stereocenters. The van der Waals surface area contributed by atoms with Crippen molar-refractivity contribution in [3.05, 3.63) is 63.8 Å². The summed E-state index contributed by atoms with van der Waals surface area (Å²) in [7, 11) is 1.82. The number of benzene rings is 1. The number of aromatic nitrogens is 4. The lowest BCUT2D eigenvalue weighted by molar-refractivity contribution is -0.661. The lowest BCUT2D eigenvalue weighted by Crippen LogP contribution is -3.13. The summed E-state index contributed by atoms with van der Waals surface area (Å²) in [4.78, 5) is 44.3. The molecule has 11 nitrogen and oxygen atoms in total. The number of hydrogen-bond donors (Lipinski definition) is 3. The molecule has 0 unspecified atom stereocenters. The summed E-state index contributed by atoms with van der Waals surface area (Å²) in [6.45, 7) is 0.695.